The van der Waals surface area contributed by atoms with E-state index in [1.807, 2.05) is 0 Å². The van der Waals surface area contributed by atoms with Gasteiger partial charge in [-0.05, 0) is 24.6 Å². The van der Waals surface area contributed by atoms with Crippen LogP contribution in [0.2, 0.25) is 0 Å². The number of halogens is 2. The average molecular weight is 243 g/mol. The molecule has 0 aromatic heterocycles. The molecule has 0 bridgehead atoms. The standard InChI is InChI=1S/C11H11F2NO3/c1-7(15)5-14-11(16)17-6-8-2-9(12)4-10(13)3-8/h2-4H,5-6H2,1H3,(H,14,16). The van der Waals surface area contributed by atoms with E-state index in [0.717, 1.165) is 18.2 Å². The van der Waals surface area contributed by atoms with Gasteiger partial charge < -0.3 is 10.1 Å². The van der Waals surface area contributed by atoms with Crippen molar-refractivity contribution in [2.24, 2.45) is 0 Å². The van der Waals surface area contributed by atoms with Gasteiger partial charge in [0.1, 0.15) is 24.0 Å². The summed E-state index contributed by atoms with van der Waals surface area (Å²) in [5.41, 5.74) is 0.195. The van der Waals surface area contributed by atoms with Crippen LogP contribution in [0.25, 0.3) is 0 Å². The van der Waals surface area contributed by atoms with Gasteiger partial charge in [-0.3, -0.25) is 4.79 Å². The molecule has 4 nitrogen and oxygen atoms in total. The highest BCUT2D eigenvalue weighted by atomic mass is 19.1. The third-order valence-corrected chi connectivity index (χ3v) is 1.77. The highest BCUT2D eigenvalue weighted by Gasteiger charge is 2.05. The predicted molar refractivity (Wildman–Crippen MR) is 55.2 cm³/mol. The van der Waals surface area contributed by atoms with Crippen LogP contribution < -0.4 is 5.32 Å². The summed E-state index contributed by atoms with van der Waals surface area (Å²) in [4.78, 5) is 21.6. The summed E-state index contributed by atoms with van der Waals surface area (Å²) >= 11 is 0. The van der Waals surface area contributed by atoms with E-state index in [2.05, 4.69) is 10.1 Å². The molecule has 17 heavy (non-hydrogen) atoms. The third kappa shape index (κ3) is 5.05. The first-order valence-electron chi connectivity index (χ1n) is 4.82. The molecule has 1 aromatic carbocycles. The Labute approximate surface area is 96.6 Å². The molecule has 0 saturated heterocycles. The normalized spacial score (nSPS) is 9.82. The summed E-state index contributed by atoms with van der Waals surface area (Å²) in [5.74, 6) is -1.71. The molecule has 0 unspecified atom stereocenters. The Kier molecular flexibility index (Phi) is 4.56. The number of hydrogen-bond donors (Lipinski definition) is 1. The molecule has 92 valence electrons. The summed E-state index contributed by atoms with van der Waals surface area (Å²) in [6, 6.07) is 2.84. The number of ketones is 1. The van der Waals surface area contributed by atoms with E-state index in [9.17, 15) is 18.4 Å². The van der Waals surface area contributed by atoms with Crippen molar-refractivity contribution in [1.29, 1.82) is 0 Å². The monoisotopic (exact) mass is 243 g/mol. The minimum absolute atomic E-state index is 0.143. The van der Waals surface area contributed by atoms with Gasteiger partial charge in [0.05, 0.1) is 6.54 Å². The van der Waals surface area contributed by atoms with Crippen molar-refractivity contribution in [2.45, 2.75) is 13.5 Å². The minimum atomic E-state index is -0.815. The fourth-order valence-corrected chi connectivity index (χ4v) is 1.09. The van der Waals surface area contributed by atoms with Crippen molar-refractivity contribution in [1.82, 2.24) is 5.32 Å². The summed E-state index contributed by atoms with van der Waals surface area (Å²) in [7, 11) is 0. The minimum Gasteiger partial charge on any atom is -0.445 e. The molecular weight excluding hydrogens is 232 g/mol. The zero-order chi connectivity index (χ0) is 12.8. The highest BCUT2D eigenvalue weighted by Crippen LogP contribution is 2.08. The molecule has 0 spiro atoms. The smallest absolute Gasteiger partial charge is 0.407 e. The van der Waals surface area contributed by atoms with Gasteiger partial charge >= 0.3 is 6.09 Å². The number of alkyl carbamates (subject to hydrolysis) is 1. The number of ether oxygens (including phenoxy) is 1. The predicted octanol–water partition coefficient (Wildman–Crippen LogP) is 1.78. The van der Waals surface area contributed by atoms with Crippen molar-refractivity contribution in [3.8, 4) is 0 Å². The van der Waals surface area contributed by atoms with Gasteiger partial charge in [0.15, 0.2) is 0 Å². The summed E-state index contributed by atoms with van der Waals surface area (Å²) in [6.45, 7) is 0.900. The van der Waals surface area contributed by atoms with Crippen LogP contribution in [0.1, 0.15) is 12.5 Å². The van der Waals surface area contributed by atoms with Gasteiger partial charge in [-0.15, -0.1) is 0 Å². The summed E-state index contributed by atoms with van der Waals surface area (Å²) in [5, 5.41) is 2.18. The molecule has 0 aliphatic rings. The molecule has 1 aromatic rings. The molecule has 6 heteroatoms. The molecule has 1 amide bonds. The number of carbonyl (C=O) groups is 2. The zero-order valence-electron chi connectivity index (χ0n) is 9.13. The SMILES string of the molecule is CC(=O)CNC(=O)OCc1cc(F)cc(F)c1. The Balaban J connectivity index is 2.44. The lowest BCUT2D eigenvalue weighted by molar-refractivity contribution is -0.116. The molecule has 0 aliphatic carbocycles. The van der Waals surface area contributed by atoms with Crippen molar-refractivity contribution >= 4 is 11.9 Å². The van der Waals surface area contributed by atoms with Crippen LogP contribution >= 0.6 is 0 Å². The second-order valence-electron chi connectivity index (χ2n) is 3.41. The van der Waals surface area contributed by atoms with Crippen LogP contribution in [-0.2, 0) is 16.1 Å². The van der Waals surface area contributed by atoms with Gasteiger partial charge in [-0.1, -0.05) is 0 Å². The zero-order valence-corrected chi connectivity index (χ0v) is 9.13. The molecule has 0 saturated carbocycles. The van der Waals surface area contributed by atoms with Crippen molar-refractivity contribution in [2.75, 3.05) is 6.54 Å². The van der Waals surface area contributed by atoms with E-state index in [1.165, 1.54) is 6.92 Å². The largest absolute Gasteiger partial charge is 0.445 e. The van der Waals surface area contributed by atoms with E-state index >= 15 is 0 Å². The quantitative estimate of drug-likeness (QED) is 0.876. The number of amides is 1. The van der Waals surface area contributed by atoms with E-state index in [-0.39, 0.29) is 24.5 Å². The fourth-order valence-electron chi connectivity index (χ4n) is 1.09. The summed E-state index contributed by atoms with van der Waals surface area (Å²) < 4.78 is 30.2. The first kappa shape index (κ1) is 13.1. The second-order valence-corrected chi connectivity index (χ2v) is 3.41. The number of nitrogens with one attached hydrogen (secondary N) is 1. The lowest BCUT2D eigenvalue weighted by atomic mass is 10.2. The second kappa shape index (κ2) is 5.93. The van der Waals surface area contributed by atoms with Crippen LogP contribution in [-0.4, -0.2) is 18.4 Å². The number of hydrogen-bond acceptors (Lipinski definition) is 3. The lowest BCUT2D eigenvalue weighted by Gasteiger charge is -2.06. The maximum absolute atomic E-state index is 12.8. The van der Waals surface area contributed by atoms with Crippen molar-refractivity contribution < 1.29 is 23.1 Å². The third-order valence-electron chi connectivity index (χ3n) is 1.77. The fraction of sp³-hybridized carbons (Fsp3) is 0.273. The van der Waals surface area contributed by atoms with Gasteiger partial charge in [0.25, 0.3) is 0 Å². The maximum atomic E-state index is 12.8. The van der Waals surface area contributed by atoms with Crippen LogP contribution in [0.15, 0.2) is 18.2 Å². The lowest BCUT2D eigenvalue weighted by Crippen LogP contribution is -2.28. The van der Waals surface area contributed by atoms with E-state index in [1.54, 1.807) is 0 Å². The van der Waals surface area contributed by atoms with Crippen LogP contribution in [0, 0.1) is 11.6 Å². The Bertz CT molecular complexity index is 414. The highest BCUT2D eigenvalue weighted by molar-refractivity contribution is 5.81. The molecular formula is C11H11F2NO3. The maximum Gasteiger partial charge on any atom is 0.407 e. The van der Waals surface area contributed by atoms with Gasteiger partial charge in [0, 0.05) is 6.07 Å². The molecule has 0 atom stereocenters. The number of carbonyl (C=O) groups excluding carboxylic acids is 2. The molecule has 1 rings (SSSR count). The van der Waals surface area contributed by atoms with Crippen LogP contribution in [0.3, 0.4) is 0 Å². The number of benzene rings is 1. The Morgan fingerprint density at radius 2 is 1.82 bits per heavy atom. The van der Waals surface area contributed by atoms with Crippen molar-refractivity contribution in [3.63, 3.8) is 0 Å². The molecule has 0 fully saturated rings. The Morgan fingerprint density at radius 3 is 2.35 bits per heavy atom. The molecule has 1 N–H and O–H groups in total. The Morgan fingerprint density at radius 1 is 1.24 bits per heavy atom. The van der Waals surface area contributed by atoms with E-state index in [4.69, 9.17) is 0 Å². The van der Waals surface area contributed by atoms with E-state index in [0.29, 0.717) is 0 Å². The van der Waals surface area contributed by atoms with Crippen molar-refractivity contribution in [3.05, 3.63) is 35.4 Å². The average Bonchev–Trinajstić information content (AvgIpc) is 2.22. The summed E-state index contributed by atoms with van der Waals surface area (Å²) in [6.07, 6.45) is -0.815. The van der Waals surface area contributed by atoms with Gasteiger partial charge in [-0.2, -0.15) is 0 Å². The molecule has 0 heterocycles. The van der Waals surface area contributed by atoms with Gasteiger partial charge in [-0.25, -0.2) is 13.6 Å². The number of Topliss-reactive ketones (excluding diaryl/α,β-unsaturated/α-hetero) is 1. The molecule has 0 radical (unpaired) electrons. The van der Waals surface area contributed by atoms with Gasteiger partial charge in [0.2, 0.25) is 0 Å². The van der Waals surface area contributed by atoms with Crippen LogP contribution in [0.5, 0.6) is 0 Å². The first-order chi connectivity index (χ1) is 7.97. The van der Waals surface area contributed by atoms with Crippen LogP contribution in [0.4, 0.5) is 13.6 Å². The first-order valence-corrected chi connectivity index (χ1v) is 4.82. The van der Waals surface area contributed by atoms with E-state index < -0.39 is 17.7 Å². The Hall–Kier alpha value is -1.98. The number of rotatable bonds is 4. The topological polar surface area (TPSA) is 55.4 Å². The molecule has 0 aliphatic heterocycles.